The van der Waals surface area contributed by atoms with Crippen LogP contribution in [0.3, 0.4) is 0 Å². The van der Waals surface area contributed by atoms with Crippen LogP contribution in [0.5, 0.6) is 23.0 Å². The highest BCUT2D eigenvalue weighted by molar-refractivity contribution is 5.91. The molecule has 65 heavy (non-hydrogen) atoms. The molecular formula is C49H53N4O12+. The normalized spacial score (nSPS) is 15.4. The molecule has 4 aromatic rings. The van der Waals surface area contributed by atoms with Crippen LogP contribution in [-0.4, -0.2) is 123 Å². The van der Waals surface area contributed by atoms with Crippen LogP contribution in [0.25, 0.3) is 5.57 Å². The topological polar surface area (TPSA) is 199 Å². The number of hydrogen-bond acceptors (Lipinski definition) is 11. The molecular weight excluding hydrogens is 837 g/mol. The second-order valence-corrected chi connectivity index (χ2v) is 17.1. The van der Waals surface area contributed by atoms with Crippen LogP contribution in [0.4, 0.5) is 17.1 Å². The zero-order valence-corrected chi connectivity index (χ0v) is 36.2. The van der Waals surface area contributed by atoms with E-state index in [2.05, 4.69) is 21.6 Å². The molecule has 0 spiro atoms. The fourth-order valence-corrected chi connectivity index (χ4v) is 10.3. The van der Waals surface area contributed by atoms with Crippen molar-refractivity contribution < 1.29 is 58.6 Å². The summed E-state index contributed by atoms with van der Waals surface area (Å²) in [7, 11) is 0. The fraction of sp³-hybridized carbons (Fsp3) is 0.408. The van der Waals surface area contributed by atoms with Gasteiger partial charge in [0, 0.05) is 59.1 Å². The number of carbonyl (C=O) groups is 4. The Morgan fingerprint density at radius 3 is 1.92 bits per heavy atom. The molecule has 0 aromatic heterocycles. The summed E-state index contributed by atoms with van der Waals surface area (Å²) in [6.07, 6.45) is 7.97. The monoisotopic (exact) mass is 889 g/mol. The predicted octanol–water partition coefficient (Wildman–Crippen LogP) is 3.55. The Kier molecular flexibility index (Phi) is 12.5. The summed E-state index contributed by atoms with van der Waals surface area (Å²) in [5.74, 6) is -2.38. The summed E-state index contributed by atoms with van der Waals surface area (Å²) in [5.41, 5.74) is 9.89. The first-order valence-corrected chi connectivity index (χ1v) is 22.4. The van der Waals surface area contributed by atoms with Crippen molar-refractivity contribution in [2.75, 3.05) is 93.5 Å². The number of aryl methyl sites for hydroxylation is 2. The van der Waals surface area contributed by atoms with E-state index in [-0.39, 0.29) is 26.4 Å². The molecule has 0 bridgehead atoms. The molecule has 16 heteroatoms. The van der Waals surface area contributed by atoms with Crippen LogP contribution in [0.1, 0.15) is 59.1 Å². The number of carboxylic acid groups (broad SMARTS) is 4. The quantitative estimate of drug-likeness (QED) is 0.0693. The summed E-state index contributed by atoms with van der Waals surface area (Å²) in [4.78, 5) is 52.2. The number of nitrogens with zero attached hydrogens (tertiary/aromatic N) is 4. The van der Waals surface area contributed by atoms with E-state index in [1.165, 1.54) is 43.1 Å². The number of carboxylic acids is 4. The van der Waals surface area contributed by atoms with E-state index >= 15 is 0 Å². The van der Waals surface area contributed by atoms with Crippen molar-refractivity contribution in [1.82, 2.24) is 4.58 Å². The highest BCUT2D eigenvalue weighted by Gasteiger charge is 2.36. The number of fused-ring (bicyclic) bond motifs is 4. The molecule has 9 rings (SSSR count). The maximum Gasteiger partial charge on any atom is 0.323 e. The Morgan fingerprint density at radius 2 is 1.23 bits per heavy atom. The van der Waals surface area contributed by atoms with Crippen molar-refractivity contribution in [2.45, 2.75) is 51.4 Å². The van der Waals surface area contributed by atoms with Crippen LogP contribution in [0, 0.1) is 0 Å². The van der Waals surface area contributed by atoms with E-state index in [0.717, 1.165) is 111 Å². The van der Waals surface area contributed by atoms with Gasteiger partial charge in [0.1, 0.15) is 75.5 Å². The Balaban J connectivity index is 1.05. The van der Waals surface area contributed by atoms with Crippen molar-refractivity contribution in [3.05, 3.63) is 98.6 Å². The van der Waals surface area contributed by atoms with Crippen LogP contribution < -0.4 is 44.1 Å². The Hall–Kier alpha value is -6.81. The van der Waals surface area contributed by atoms with Gasteiger partial charge >= 0.3 is 23.9 Å². The van der Waals surface area contributed by atoms with Gasteiger partial charge in [0.25, 0.3) is 0 Å². The molecule has 4 N–H and O–H groups in total. The number of aliphatic carboxylic acids is 4. The molecule has 4 aromatic carbocycles. The summed E-state index contributed by atoms with van der Waals surface area (Å²) in [5, 5.41) is 40.8. The number of hydrogen-bond donors (Lipinski definition) is 4. The number of rotatable bonds is 19. The van der Waals surface area contributed by atoms with Gasteiger partial charge in [-0.2, -0.15) is 0 Å². The van der Waals surface area contributed by atoms with Gasteiger partial charge in [-0.1, -0.05) is 18.2 Å². The lowest BCUT2D eigenvalue weighted by Gasteiger charge is -2.39. The lowest BCUT2D eigenvalue weighted by Crippen LogP contribution is -2.45. The van der Waals surface area contributed by atoms with E-state index in [1.54, 1.807) is 30.3 Å². The molecule has 5 heterocycles. The Morgan fingerprint density at radius 1 is 0.631 bits per heavy atom. The molecule has 5 aliphatic rings. The average molecular weight is 890 g/mol. The van der Waals surface area contributed by atoms with Crippen LogP contribution in [0.2, 0.25) is 0 Å². The SMILES string of the molecule is O=C(O)CN(CC(=O)O)c1ccccc1OCCOCCOc1cc(C2=c3cc4c5c(c3Oc3c2cc2c6c3CCCN6CCC2)CCC[N+]=5CCC4)ccc1N(CC(=O)O)CC(=O)O. The molecule has 0 saturated carbocycles. The van der Waals surface area contributed by atoms with Crippen molar-refractivity contribution in [3.8, 4) is 23.0 Å². The second kappa shape index (κ2) is 18.7. The number of anilines is 3. The average Bonchev–Trinajstić information content (AvgIpc) is 3.27. The summed E-state index contributed by atoms with van der Waals surface area (Å²) >= 11 is 0. The lowest BCUT2D eigenvalue weighted by atomic mass is 9.82. The third-order valence-corrected chi connectivity index (χ3v) is 12.8. The molecule has 0 unspecified atom stereocenters. The van der Waals surface area contributed by atoms with E-state index in [4.69, 9.17) is 18.9 Å². The minimum Gasteiger partial charge on any atom is -0.489 e. The Labute approximate surface area is 375 Å². The summed E-state index contributed by atoms with van der Waals surface area (Å²) < 4.78 is 27.9. The van der Waals surface area contributed by atoms with E-state index in [0.29, 0.717) is 22.9 Å². The smallest absolute Gasteiger partial charge is 0.323 e. The van der Waals surface area contributed by atoms with Gasteiger partial charge in [-0.3, -0.25) is 19.2 Å². The van der Waals surface area contributed by atoms with E-state index in [1.807, 2.05) is 12.1 Å². The highest BCUT2D eigenvalue weighted by Crippen LogP contribution is 2.49. The van der Waals surface area contributed by atoms with Gasteiger partial charge in [0.15, 0.2) is 0 Å². The van der Waals surface area contributed by atoms with Crippen molar-refractivity contribution in [1.29, 1.82) is 0 Å². The van der Waals surface area contributed by atoms with Crippen LogP contribution >= 0.6 is 0 Å². The lowest BCUT2D eigenvalue weighted by molar-refractivity contribution is -0.138. The van der Waals surface area contributed by atoms with Gasteiger partial charge in [-0.05, 0) is 86.1 Å². The largest absolute Gasteiger partial charge is 0.489 e. The predicted molar refractivity (Wildman–Crippen MR) is 240 cm³/mol. The van der Waals surface area contributed by atoms with E-state index < -0.39 is 50.1 Å². The second-order valence-electron chi connectivity index (χ2n) is 17.1. The number of benzene rings is 4. The minimum absolute atomic E-state index is 0.0264. The fourth-order valence-electron chi connectivity index (χ4n) is 10.3. The molecule has 340 valence electrons. The van der Waals surface area contributed by atoms with Crippen LogP contribution in [-0.2, 0) is 49.6 Å². The van der Waals surface area contributed by atoms with Crippen molar-refractivity contribution in [2.24, 2.45) is 0 Å². The zero-order valence-electron chi connectivity index (χ0n) is 36.2. The molecule has 0 atom stereocenters. The van der Waals surface area contributed by atoms with Gasteiger partial charge in [-0.25, -0.2) is 4.58 Å². The van der Waals surface area contributed by atoms with Gasteiger partial charge < -0.3 is 54.1 Å². The highest BCUT2D eigenvalue weighted by atomic mass is 16.5. The first-order valence-electron chi connectivity index (χ1n) is 22.4. The van der Waals surface area contributed by atoms with E-state index in [9.17, 15) is 39.6 Å². The maximum absolute atomic E-state index is 12.1. The summed E-state index contributed by atoms with van der Waals surface area (Å²) in [6, 6.07) is 16.7. The maximum atomic E-state index is 12.1. The molecule has 5 aliphatic heterocycles. The number of ether oxygens (including phenoxy) is 4. The van der Waals surface area contributed by atoms with Gasteiger partial charge in [0.2, 0.25) is 5.36 Å². The number of para-hydroxylation sites is 2. The molecule has 0 amide bonds. The van der Waals surface area contributed by atoms with Crippen molar-refractivity contribution in [3.63, 3.8) is 0 Å². The third kappa shape index (κ3) is 8.99. The third-order valence-electron chi connectivity index (χ3n) is 12.8. The van der Waals surface area contributed by atoms with Crippen molar-refractivity contribution >= 4 is 46.5 Å². The molecule has 16 nitrogen and oxygen atoms in total. The molecule has 0 radical (unpaired) electrons. The van der Waals surface area contributed by atoms with Gasteiger partial charge in [-0.15, -0.1) is 0 Å². The first-order chi connectivity index (χ1) is 31.5. The Bertz CT molecular complexity index is 2660. The summed E-state index contributed by atoms with van der Waals surface area (Å²) in [6.45, 7) is 2.18. The van der Waals surface area contributed by atoms with Crippen LogP contribution in [0.15, 0.2) is 54.6 Å². The molecule has 0 fully saturated rings. The minimum atomic E-state index is -1.19. The van der Waals surface area contributed by atoms with Gasteiger partial charge in [0.05, 0.1) is 30.2 Å². The standard InChI is InChI=1S/C49H52N4O12/c54-41(55)26-52(27-42(56)57)37-11-1-2-12-39(37)63-21-19-62-20-22-64-40-25-30(13-14-38(40)53(28-43(58)59)29-44(60)61)45-35-23-31-7-3-15-50-17-5-9-33(46(31)50)48(35)65-49-34-10-6-18-51-16-4-8-32(47(34)51)24-36(45)49/h1-2,11-14,23-25H,3-10,15-22,26-29H2,(H3-,54,55,56,57,58,59,60,61)/p+1. The molecule has 0 saturated heterocycles. The zero-order chi connectivity index (χ0) is 45.2. The molecule has 0 aliphatic carbocycles. The first kappa shape index (κ1) is 43.4.